The van der Waals surface area contributed by atoms with E-state index in [0.717, 1.165) is 26.9 Å². The first-order valence-corrected chi connectivity index (χ1v) is 5.79. The van der Waals surface area contributed by atoms with Crippen molar-refractivity contribution in [3.8, 4) is 5.75 Å². The van der Waals surface area contributed by atoms with Gasteiger partial charge in [-0.15, -0.1) is 0 Å². The summed E-state index contributed by atoms with van der Waals surface area (Å²) in [7, 11) is 0. The van der Waals surface area contributed by atoms with Gasteiger partial charge in [-0.05, 0) is 59.5 Å². The normalized spacial score (nSPS) is 15.8. The Morgan fingerprint density at radius 1 is 1.46 bits per heavy atom. The third-order valence-electron chi connectivity index (χ3n) is 2.07. The number of hydrogen-bond acceptors (Lipinski definition) is 1. The van der Waals surface area contributed by atoms with E-state index in [9.17, 15) is 0 Å². The van der Waals surface area contributed by atoms with Gasteiger partial charge in [-0.3, -0.25) is 0 Å². The van der Waals surface area contributed by atoms with Crippen molar-refractivity contribution in [2.24, 2.45) is 5.92 Å². The lowest BCUT2D eigenvalue weighted by molar-refractivity contribution is 0.298. The largest absolute Gasteiger partial charge is 0.492 e. The van der Waals surface area contributed by atoms with Crippen LogP contribution in [0.5, 0.6) is 5.75 Å². The average Bonchev–Trinajstić information content (AvgIpc) is 2.86. The van der Waals surface area contributed by atoms with Crippen LogP contribution in [-0.4, -0.2) is 6.61 Å². The van der Waals surface area contributed by atoms with Crippen molar-refractivity contribution in [2.75, 3.05) is 6.61 Å². The van der Waals surface area contributed by atoms with Gasteiger partial charge < -0.3 is 4.74 Å². The maximum atomic E-state index is 5.83. The van der Waals surface area contributed by atoms with Crippen LogP contribution >= 0.6 is 34.2 Å². The predicted molar refractivity (Wildman–Crippen MR) is 62.4 cm³/mol. The number of rotatable bonds is 3. The van der Waals surface area contributed by atoms with Gasteiger partial charge in [0.05, 0.1) is 10.2 Å². The third kappa shape index (κ3) is 2.74. The van der Waals surface area contributed by atoms with Crippen LogP contribution in [0.1, 0.15) is 12.8 Å². The van der Waals surface area contributed by atoms with E-state index in [0.29, 0.717) is 0 Å². The summed E-state index contributed by atoms with van der Waals surface area (Å²) in [5.74, 6) is 1.75. The molecule has 1 aromatic carbocycles. The molecule has 0 bridgehead atoms. The number of ether oxygens (including phenoxy) is 1. The van der Waals surface area contributed by atoms with Crippen LogP contribution in [0.2, 0.25) is 5.02 Å². The molecule has 0 saturated heterocycles. The predicted octanol–water partition coefficient (Wildman–Crippen LogP) is 3.73. The molecule has 1 nitrogen and oxygen atoms in total. The minimum absolute atomic E-state index is 0.767. The highest BCUT2D eigenvalue weighted by Gasteiger charge is 2.22. The summed E-state index contributed by atoms with van der Waals surface area (Å²) in [5, 5.41) is 0.767. The molecule has 0 aromatic heterocycles. The Hall–Kier alpha value is 0.0400. The van der Waals surface area contributed by atoms with Crippen LogP contribution in [0.3, 0.4) is 0 Å². The van der Waals surface area contributed by atoms with Gasteiger partial charge in [0, 0.05) is 5.02 Å². The maximum absolute atomic E-state index is 5.83. The van der Waals surface area contributed by atoms with Crippen LogP contribution in [0.25, 0.3) is 0 Å². The summed E-state index contributed by atoms with van der Waals surface area (Å²) < 4.78 is 6.74. The van der Waals surface area contributed by atoms with Crippen LogP contribution in [0, 0.1) is 9.49 Å². The Morgan fingerprint density at radius 3 is 2.85 bits per heavy atom. The lowest BCUT2D eigenvalue weighted by Gasteiger charge is -2.06. The topological polar surface area (TPSA) is 9.23 Å². The molecule has 1 aliphatic rings. The second-order valence-electron chi connectivity index (χ2n) is 3.33. The number of benzene rings is 1. The van der Waals surface area contributed by atoms with Crippen molar-refractivity contribution in [3.05, 3.63) is 26.8 Å². The molecule has 0 radical (unpaired) electrons. The Morgan fingerprint density at radius 2 is 2.23 bits per heavy atom. The van der Waals surface area contributed by atoms with E-state index < -0.39 is 0 Å². The van der Waals surface area contributed by atoms with Gasteiger partial charge in [0.25, 0.3) is 0 Å². The van der Waals surface area contributed by atoms with Gasteiger partial charge in [0.1, 0.15) is 5.75 Å². The summed E-state index contributed by atoms with van der Waals surface area (Å²) in [6, 6.07) is 5.72. The first kappa shape index (κ1) is 9.59. The Labute approximate surface area is 96.6 Å². The van der Waals surface area contributed by atoms with Gasteiger partial charge in [0.15, 0.2) is 0 Å². The zero-order valence-electron chi connectivity index (χ0n) is 7.09. The molecule has 0 unspecified atom stereocenters. The zero-order valence-corrected chi connectivity index (χ0v) is 10.0. The molecule has 0 aliphatic heterocycles. The van der Waals surface area contributed by atoms with Crippen LogP contribution < -0.4 is 4.74 Å². The molecule has 3 heteroatoms. The summed E-state index contributed by atoms with van der Waals surface area (Å²) in [5.41, 5.74) is 0. The molecular formula is C10H10ClIO. The SMILES string of the molecule is Clc1ccc(OCC2CC2)c(I)c1. The minimum Gasteiger partial charge on any atom is -0.492 e. The Kier molecular flexibility index (Phi) is 2.99. The highest BCUT2D eigenvalue weighted by Crippen LogP contribution is 2.31. The monoisotopic (exact) mass is 308 g/mol. The van der Waals surface area contributed by atoms with Crippen molar-refractivity contribution in [3.63, 3.8) is 0 Å². The maximum Gasteiger partial charge on any atom is 0.132 e. The van der Waals surface area contributed by atoms with E-state index >= 15 is 0 Å². The average molecular weight is 309 g/mol. The molecular weight excluding hydrogens is 298 g/mol. The molecule has 1 aromatic rings. The smallest absolute Gasteiger partial charge is 0.132 e. The van der Waals surface area contributed by atoms with E-state index in [2.05, 4.69) is 22.6 Å². The quantitative estimate of drug-likeness (QED) is 0.773. The highest BCUT2D eigenvalue weighted by atomic mass is 127. The lowest BCUT2D eigenvalue weighted by Crippen LogP contribution is -2.00. The summed E-state index contributed by atoms with van der Waals surface area (Å²) >= 11 is 8.08. The summed E-state index contributed by atoms with van der Waals surface area (Å²) in [6.45, 7) is 0.859. The van der Waals surface area contributed by atoms with Crippen LogP contribution in [0.15, 0.2) is 18.2 Å². The van der Waals surface area contributed by atoms with Gasteiger partial charge in [-0.2, -0.15) is 0 Å². The van der Waals surface area contributed by atoms with Crippen molar-refractivity contribution >= 4 is 34.2 Å². The fourth-order valence-electron chi connectivity index (χ4n) is 1.08. The van der Waals surface area contributed by atoms with Crippen molar-refractivity contribution < 1.29 is 4.74 Å². The second-order valence-corrected chi connectivity index (χ2v) is 4.93. The van der Waals surface area contributed by atoms with E-state index in [4.69, 9.17) is 16.3 Å². The lowest BCUT2D eigenvalue weighted by atomic mass is 10.3. The minimum atomic E-state index is 0.767. The van der Waals surface area contributed by atoms with Gasteiger partial charge in [-0.1, -0.05) is 11.6 Å². The molecule has 2 rings (SSSR count). The van der Waals surface area contributed by atoms with Crippen molar-refractivity contribution in [2.45, 2.75) is 12.8 Å². The Balaban J connectivity index is 2.01. The zero-order chi connectivity index (χ0) is 9.26. The Bertz CT molecular complexity index is 310. The number of halogens is 2. The second kappa shape index (κ2) is 4.05. The fraction of sp³-hybridized carbons (Fsp3) is 0.400. The first-order chi connectivity index (χ1) is 6.25. The molecule has 0 spiro atoms. The van der Waals surface area contributed by atoms with E-state index in [1.807, 2.05) is 18.2 Å². The molecule has 13 heavy (non-hydrogen) atoms. The van der Waals surface area contributed by atoms with E-state index in [1.165, 1.54) is 12.8 Å². The molecule has 1 fully saturated rings. The van der Waals surface area contributed by atoms with Crippen molar-refractivity contribution in [1.29, 1.82) is 0 Å². The highest BCUT2D eigenvalue weighted by molar-refractivity contribution is 14.1. The van der Waals surface area contributed by atoms with Gasteiger partial charge in [-0.25, -0.2) is 0 Å². The van der Waals surface area contributed by atoms with Crippen LogP contribution in [-0.2, 0) is 0 Å². The van der Waals surface area contributed by atoms with Crippen LogP contribution in [0.4, 0.5) is 0 Å². The number of hydrogen-bond donors (Lipinski definition) is 0. The molecule has 1 saturated carbocycles. The fourth-order valence-corrected chi connectivity index (χ4v) is 2.11. The van der Waals surface area contributed by atoms with E-state index in [1.54, 1.807) is 0 Å². The van der Waals surface area contributed by atoms with Crippen molar-refractivity contribution in [1.82, 2.24) is 0 Å². The molecule has 0 amide bonds. The molecule has 0 N–H and O–H groups in total. The van der Waals surface area contributed by atoms with Gasteiger partial charge >= 0.3 is 0 Å². The first-order valence-electron chi connectivity index (χ1n) is 4.33. The molecule has 1 aliphatic carbocycles. The summed E-state index contributed by atoms with van der Waals surface area (Å²) in [6.07, 6.45) is 2.65. The third-order valence-corrected chi connectivity index (χ3v) is 3.14. The van der Waals surface area contributed by atoms with Gasteiger partial charge in [0.2, 0.25) is 0 Å². The molecule has 0 atom stereocenters. The molecule has 70 valence electrons. The molecule has 0 heterocycles. The van der Waals surface area contributed by atoms with E-state index in [-0.39, 0.29) is 0 Å². The summed E-state index contributed by atoms with van der Waals surface area (Å²) in [4.78, 5) is 0. The standard InChI is InChI=1S/C10H10ClIO/c11-8-3-4-10(9(12)5-8)13-6-7-1-2-7/h3-5,7H,1-2,6H2.